The van der Waals surface area contributed by atoms with Gasteiger partial charge in [0, 0.05) is 12.2 Å². The third-order valence-electron chi connectivity index (χ3n) is 2.89. The summed E-state index contributed by atoms with van der Waals surface area (Å²) in [5, 5.41) is 2.95. The SMILES string of the molecule is CC(C(=O)NCCCN(C)C)c1cccc(N)c1. The lowest BCUT2D eigenvalue weighted by molar-refractivity contribution is -0.122. The summed E-state index contributed by atoms with van der Waals surface area (Å²) in [6, 6.07) is 7.48. The van der Waals surface area contributed by atoms with Crippen LogP contribution in [0.15, 0.2) is 24.3 Å². The quantitative estimate of drug-likeness (QED) is 0.592. The molecule has 4 nitrogen and oxygen atoms in total. The second-order valence-electron chi connectivity index (χ2n) is 4.84. The van der Waals surface area contributed by atoms with E-state index in [1.54, 1.807) is 0 Å². The first-order valence-corrected chi connectivity index (χ1v) is 6.28. The van der Waals surface area contributed by atoms with Crippen molar-refractivity contribution in [1.29, 1.82) is 0 Å². The van der Waals surface area contributed by atoms with Crippen molar-refractivity contribution in [2.75, 3.05) is 32.9 Å². The zero-order chi connectivity index (χ0) is 13.5. The largest absolute Gasteiger partial charge is 0.399 e. The summed E-state index contributed by atoms with van der Waals surface area (Å²) >= 11 is 0. The molecule has 1 atom stereocenters. The first-order chi connectivity index (χ1) is 8.50. The molecule has 0 aliphatic heterocycles. The molecule has 4 heteroatoms. The van der Waals surface area contributed by atoms with Crippen molar-refractivity contribution < 1.29 is 4.79 Å². The second kappa shape index (κ2) is 7.01. The maximum atomic E-state index is 11.9. The van der Waals surface area contributed by atoms with Crippen molar-refractivity contribution in [2.24, 2.45) is 0 Å². The summed E-state index contributed by atoms with van der Waals surface area (Å²) in [6.07, 6.45) is 0.961. The molecular weight excluding hydrogens is 226 g/mol. The van der Waals surface area contributed by atoms with Crippen molar-refractivity contribution >= 4 is 11.6 Å². The van der Waals surface area contributed by atoms with E-state index in [-0.39, 0.29) is 11.8 Å². The Morgan fingerprint density at radius 3 is 2.78 bits per heavy atom. The number of hydrogen-bond donors (Lipinski definition) is 2. The highest BCUT2D eigenvalue weighted by Crippen LogP contribution is 2.17. The van der Waals surface area contributed by atoms with Crippen LogP contribution in [-0.4, -0.2) is 38.0 Å². The number of nitrogen functional groups attached to an aromatic ring is 1. The van der Waals surface area contributed by atoms with E-state index in [1.165, 1.54) is 0 Å². The number of nitrogens with two attached hydrogens (primary N) is 1. The molecule has 18 heavy (non-hydrogen) atoms. The summed E-state index contributed by atoms with van der Waals surface area (Å²) in [4.78, 5) is 14.0. The van der Waals surface area contributed by atoms with Gasteiger partial charge in [-0.3, -0.25) is 4.79 Å². The Hall–Kier alpha value is -1.55. The van der Waals surface area contributed by atoms with E-state index in [2.05, 4.69) is 10.2 Å². The van der Waals surface area contributed by atoms with Crippen LogP contribution in [0.3, 0.4) is 0 Å². The number of hydrogen-bond acceptors (Lipinski definition) is 3. The van der Waals surface area contributed by atoms with Gasteiger partial charge in [-0.25, -0.2) is 0 Å². The number of carbonyl (C=O) groups is 1. The van der Waals surface area contributed by atoms with Crippen molar-refractivity contribution in [1.82, 2.24) is 10.2 Å². The van der Waals surface area contributed by atoms with E-state index in [0.717, 1.165) is 18.5 Å². The number of nitrogens with one attached hydrogen (secondary N) is 1. The maximum absolute atomic E-state index is 11.9. The molecule has 0 saturated heterocycles. The number of benzene rings is 1. The topological polar surface area (TPSA) is 58.4 Å². The highest BCUT2D eigenvalue weighted by atomic mass is 16.1. The monoisotopic (exact) mass is 249 g/mol. The minimum atomic E-state index is -0.159. The van der Waals surface area contributed by atoms with Crippen LogP contribution in [-0.2, 0) is 4.79 Å². The van der Waals surface area contributed by atoms with Crippen molar-refractivity contribution in [3.05, 3.63) is 29.8 Å². The zero-order valence-electron chi connectivity index (χ0n) is 11.4. The highest BCUT2D eigenvalue weighted by Gasteiger charge is 2.14. The lowest BCUT2D eigenvalue weighted by Crippen LogP contribution is -2.30. The van der Waals surface area contributed by atoms with Crippen LogP contribution < -0.4 is 11.1 Å². The molecule has 1 unspecified atom stereocenters. The van der Waals surface area contributed by atoms with Gasteiger partial charge in [-0.15, -0.1) is 0 Å². The van der Waals surface area contributed by atoms with E-state index in [9.17, 15) is 4.79 Å². The zero-order valence-corrected chi connectivity index (χ0v) is 11.4. The molecule has 1 amide bonds. The van der Waals surface area contributed by atoms with Gasteiger partial charge in [0.2, 0.25) is 5.91 Å². The predicted molar refractivity (Wildman–Crippen MR) is 75.5 cm³/mol. The standard InChI is InChI=1S/C14H23N3O/c1-11(12-6-4-7-13(15)10-12)14(18)16-8-5-9-17(2)3/h4,6-7,10-11H,5,8-9,15H2,1-3H3,(H,16,18). The van der Waals surface area contributed by atoms with Gasteiger partial charge in [-0.05, 0) is 51.7 Å². The normalized spacial score (nSPS) is 12.4. The summed E-state index contributed by atoms with van der Waals surface area (Å²) in [6.45, 7) is 3.59. The molecule has 0 aromatic heterocycles. The molecule has 0 spiro atoms. The molecule has 3 N–H and O–H groups in total. The fourth-order valence-electron chi connectivity index (χ4n) is 1.74. The third-order valence-corrected chi connectivity index (χ3v) is 2.89. The summed E-state index contributed by atoms with van der Waals surface area (Å²) in [5.41, 5.74) is 7.37. The smallest absolute Gasteiger partial charge is 0.227 e. The van der Waals surface area contributed by atoms with Crippen molar-refractivity contribution in [3.8, 4) is 0 Å². The van der Waals surface area contributed by atoms with Crippen LogP contribution in [0.25, 0.3) is 0 Å². The molecule has 0 aliphatic carbocycles. The minimum Gasteiger partial charge on any atom is -0.399 e. The van der Waals surface area contributed by atoms with E-state index < -0.39 is 0 Å². The van der Waals surface area contributed by atoms with Crippen molar-refractivity contribution in [2.45, 2.75) is 19.3 Å². The molecule has 0 radical (unpaired) electrons. The Bertz CT molecular complexity index is 390. The number of anilines is 1. The maximum Gasteiger partial charge on any atom is 0.227 e. The summed E-state index contributed by atoms with van der Waals surface area (Å²) in [7, 11) is 4.05. The van der Waals surface area contributed by atoms with Crippen LogP contribution in [0.5, 0.6) is 0 Å². The van der Waals surface area contributed by atoms with E-state index in [0.29, 0.717) is 12.2 Å². The van der Waals surface area contributed by atoms with Gasteiger partial charge in [0.25, 0.3) is 0 Å². The minimum absolute atomic E-state index is 0.0550. The molecule has 0 bridgehead atoms. The molecule has 0 saturated carbocycles. The molecule has 1 aromatic rings. The van der Waals surface area contributed by atoms with Crippen LogP contribution >= 0.6 is 0 Å². The van der Waals surface area contributed by atoms with Crippen LogP contribution in [0.4, 0.5) is 5.69 Å². The number of rotatable bonds is 6. The average molecular weight is 249 g/mol. The number of carbonyl (C=O) groups excluding carboxylic acids is 1. The highest BCUT2D eigenvalue weighted by molar-refractivity contribution is 5.83. The van der Waals surface area contributed by atoms with Gasteiger partial charge in [0.1, 0.15) is 0 Å². The molecule has 1 rings (SSSR count). The first-order valence-electron chi connectivity index (χ1n) is 6.28. The van der Waals surface area contributed by atoms with E-state index in [4.69, 9.17) is 5.73 Å². The van der Waals surface area contributed by atoms with Crippen LogP contribution in [0.1, 0.15) is 24.8 Å². The van der Waals surface area contributed by atoms with E-state index >= 15 is 0 Å². The number of amides is 1. The van der Waals surface area contributed by atoms with E-state index in [1.807, 2.05) is 45.3 Å². The lowest BCUT2D eigenvalue weighted by atomic mass is 10.00. The van der Waals surface area contributed by atoms with Gasteiger partial charge in [0.05, 0.1) is 5.92 Å². The predicted octanol–water partition coefficient (Wildman–Crippen LogP) is 1.44. The Kier molecular flexibility index (Phi) is 5.65. The second-order valence-corrected chi connectivity index (χ2v) is 4.84. The summed E-state index contributed by atoms with van der Waals surface area (Å²) in [5.74, 6) is -0.104. The Morgan fingerprint density at radius 1 is 1.44 bits per heavy atom. The van der Waals surface area contributed by atoms with Crippen LogP contribution in [0.2, 0.25) is 0 Å². The molecule has 0 fully saturated rings. The third kappa shape index (κ3) is 4.75. The van der Waals surface area contributed by atoms with Crippen molar-refractivity contribution in [3.63, 3.8) is 0 Å². The Morgan fingerprint density at radius 2 is 2.17 bits per heavy atom. The molecule has 0 heterocycles. The van der Waals surface area contributed by atoms with Gasteiger partial charge in [-0.1, -0.05) is 12.1 Å². The molecular formula is C14H23N3O. The number of nitrogens with zero attached hydrogens (tertiary/aromatic N) is 1. The Labute approximate surface area is 109 Å². The average Bonchev–Trinajstić information content (AvgIpc) is 2.33. The van der Waals surface area contributed by atoms with Gasteiger partial charge < -0.3 is 16.0 Å². The first kappa shape index (κ1) is 14.5. The lowest BCUT2D eigenvalue weighted by Gasteiger charge is -2.14. The molecule has 100 valence electrons. The van der Waals surface area contributed by atoms with Gasteiger partial charge in [-0.2, -0.15) is 0 Å². The fraction of sp³-hybridized carbons (Fsp3) is 0.500. The molecule has 1 aromatic carbocycles. The van der Waals surface area contributed by atoms with Crippen LogP contribution in [0, 0.1) is 0 Å². The van der Waals surface area contributed by atoms with Gasteiger partial charge >= 0.3 is 0 Å². The Balaban J connectivity index is 2.42. The summed E-state index contributed by atoms with van der Waals surface area (Å²) < 4.78 is 0. The van der Waals surface area contributed by atoms with Gasteiger partial charge in [0.15, 0.2) is 0 Å². The fourth-order valence-corrected chi connectivity index (χ4v) is 1.74. The molecule has 0 aliphatic rings.